The van der Waals surface area contributed by atoms with Crippen molar-refractivity contribution in [3.63, 3.8) is 0 Å². The Balaban J connectivity index is 2.37. The average molecular weight is 1610 g/mol. The Morgan fingerprint density at radius 3 is 1.39 bits per heavy atom. The first-order valence-electron chi connectivity index (χ1n) is 35.6. The van der Waals surface area contributed by atoms with Gasteiger partial charge in [0.05, 0.1) is 24.6 Å². The summed E-state index contributed by atoms with van der Waals surface area (Å²) in [4.78, 5) is 247. The summed E-state index contributed by atoms with van der Waals surface area (Å²) in [5.74, 6) is -24.3. The molecule has 0 saturated heterocycles. The van der Waals surface area contributed by atoms with Crippen molar-refractivity contribution in [1.29, 1.82) is 0 Å². The summed E-state index contributed by atoms with van der Waals surface area (Å²) < 4.78 is 38.9. The molecule has 0 aromatic heterocycles. The number of carboxylic acids is 5. The van der Waals surface area contributed by atoms with Crippen LogP contribution in [0.4, 0.5) is 13.2 Å². The highest BCUT2D eigenvalue weighted by atomic mass is 19.4. The van der Waals surface area contributed by atoms with Gasteiger partial charge in [-0.05, 0) is 100.0 Å². The van der Waals surface area contributed by atoms with Crippen LogP contribution in [-0.2, 0) is 104 Å². The minimum Gasteiger partial charge on any atom is -0.481 e. The molecule has 2 aromatic rings. The molecule has 13 atom stereocenters. The Morgan fingerprint density at radius 2 is 0.912 bits per heavy atom. The number of carboxylic acid groups (broad SMARTS) is 5. The Kier molecular flexibility index (Phi) is 41.6. The number of aliphatic carboxylic acids is 5. The number of primary amides is 1. The number of rotatable bonds is 51. The summed E-state index contributed by atoms with van der Waals surface area (Å²) >= 11 is 0. The van der Waals surface area contributed by atoms with E-state index in [4.69, 9.17) is 10.8 Å². The zero-order valence-corrected chi connectivity index (χ0v) is 62.9. The molecule has 39 nitrogen and oxygen atoms in total. The number of halogens is 3. The van der Waals surface area contributed by atoms with Gasteiger partial charge in [-0.1, -0.05) is 76.6 Å². The Labute approximate surface area is 645 Å². The van der Waals surface area contributed by atoms with Crippen LogP contribution >= 0.6 is 0 Å². The fourth-order valence-electron chi connectivity index (χ4n) is 10.5. The number of hydrogen-bond acceptors (Lipinski definition) is 20. The van der Waals surface area contributed by atoms with Gasteiger partial charge < -0.3 is 105 Å². The van der Waals surface area contributed by atoms with Crippen LogP contribution in [0.1, 0.15) is 149 Å². The van der Waals surface area contributed by atoms with Gasteiger partial charge in [-0.2, -0.15) is 13.2 Å². The largest absolute Gasteiger partial charge is 0.481 e. The summed E-state index contributed by atoms with van der Waals surface area (Å²) in [6.07, 6.45) is -10.6. The van der Waals surface area contributed by atoms with Crippen molar-refractivity contribution in [2.24, 2.45) is 17.6 Å². The third-order valence-electron chi connectivity index (χ3n) is 16.9. The molecule has 2 aromatic carbocycles. The average Bonchev–Trinajstić information content (AvgIpc) is 0.855. The molecule has 2 rings (SSSR count). The lowest BCUT2D eigenvalue weighted by Gasteiger charge is -2.29. The highest BCUT2D eigenvalue weighted by Crippen LogP contribution is 2.29. The fourth-order valence-corrected chi connectivity index (χ4v) is 10.5. The highest BCUT2D eigenvalue weighted by Gasteiger charge is 2.39. The van der Waals surface area contributed by atoms with Gasteiger partial charge in [0, 0.05) is 51.6 Å². The summed E-state index contributed by atoms with van der Waals surface area (Å²) in [7, 11) is 0. The lowest BCUT2D eigenvalue weighted by atomic mass is 9.97. The highest BCUT2D eigenvalue weighted by molar-refractivity contribution is 6.00. The number of aliphatic hydroxyl groups excluding tert-OH is 1. The van der Waals surface area contributed by atoms with Crippen molar-refractivity contribution >= 4 is 119 Å². The van der Waals surface area contributed by atoms with Crippen LogP contribution in [0.15, 0.2) is 60.7 Å². The van der Waals surface area contributed by atoms with Gasteiger partial charge in [0.2, 0.25) is 82.7 Å². The third kappa shape index (κ3) is 37.4. The van der Waals surface area contributed by atoms with Crippen molar-refractivity contribution in [1.82, 2.24) is 69.1 Å². The number of nitrogens with two attached hydrogens (primary N) is 1. The van der Waals surface area contributed by atoms with Crippen molar-refractivity contribution in [3.05, 3.63) is 77.4 Å². The molecule has 0 fully saturated rings. The van der Waals surface area contributed by atoms with Gasteiger partial charge in [-0.25, -0.2) is 4.79 Å². The number of carbonyl (C=O) groups is 19. The maximum Gasteiger partial charge on any atom is 0.416 e. The quantitative estimate of drug-likeness (QED) is 0.0236. The first-order chi connectivity index (χ1) is 52.8. The van der Waals surface area contributed by atoms with E-state index in [0.717, 1.165) is 51.1 Å². The van der Waals surface area contributed by atoms with E-state index in [-0.39, 0.29) is 44.2 Å². The fraction of sp³-hybridized carbons (Fsp3) is 0.535. The molecule has 0 aliphatic heterocycles. The topological polar surface area (TPSA) is 628 Å². The summed E-state index contributed by atoms with van der Waals surface area (Å²) in [6.45, 7) is 8.22. The van der Waals surface area contributed by atoms with Crippen LogP contribution in [0.5, 0.6) is 0 Å². The predicted octanol–water partition coefficient (Wildman–Crippen LogP) is -2.76. The molecular formula is C71H99F3N14O25. The molecule has 0 radical (unpaired) electrons. The minimum atomic E-state index is -4.58. The summed E-state index contributed by atoms with van der Waals surface area (Å²) in [6, 6.07) is -7.06. The summed E-state index contributed by atoms with van der Waals surface area (Å²) in [5.41, 5.74) is 5.13. The van der Waals surface area contributed by atoms with Crippen LogP contribution in [0.25, 0.3) is 6.08 Å². The van der Waals surface area contributed by atoms with Crippen molar-refractivity contribution in [2.75, 3.05) is 13.1 Å². The van der Waals surface area contributed by atoms with Crippen LogP contribution in [-0.4, -0.2) is 229 Å². The van der Waals surface area contributed by atoms with Gasteiger partial charge >= 0.3 is 36.0 Å². The number of alkyl halides is 3. The molecule has 0 saturated carbocycles. The SMILES string of the molecule is CC[C@H](C)[C@H](NC(=O)[C@@H](NC(=O)[C@H](C)NC(=O)[C@H](CCCCNC(=O)/C=C/c1ccc(C(F)(F)F)cc1)NC(=O)[C@H](CC(=O)O)NC(C)=O)[C@@H](C)O)C(=O)NCC(=O)N[C@@H](Cc1ccccc1)C(=O)N[C@@H](CCC(=O)O)C(=O)N[C@H](C(=O)N[C@@H](CCC(N)=O)C(=O)N[C@@H](CCC(=O)O)C(=O)N[C@@H](CCC(=O)O)C(=O)O)C(C)C. The Bertz CT molecular complexity index is 3720. The van der Waals surface area contributed by atoms with Gasteiger partial charge in [-0.15, -0.1) is 0 Å². The third-order valence-corrected chi connectivity index (χ3v) is 16.9. The molecule has 0 aliphatic carbocycles. The van der Waals surface area contributed by atoms with E-state index in [1.807, 2.05) is 5.32 Å². The van der Waals surface area contributed by atoms with Gasteiger partial charge in [-0.3, -0.25) is 86.3 Å². The number of aliphatic hydroxyl groups is 1. The van der Waals surface area contributed by atoms with E-state index < -0.39 is 273 Å². The lowest BCUT2D eigenvalue weighted by Crippen LogP contribution is -2.61. The second kappa shape index (κ2) is 48.5. The molecule has 0 spiro atoms. The first-order valence-corrected chi connectivity index (χ1v) is 35.6. The molecule has 21 N–H and O–H groups in total. The van der Waals surface area contributed by atoms with Crippen LogP contribution in [0.3, 0.4) is 0 Å². The predicted molar refractivity (Wildman–Crippen MR) is 388 cm³/mol. The van der Waals surface area contributed by atoms with E-state index in [1.54, 1.807) is 37.3 Å². The van der Waals surface area contributed by atoms with Crippen LogP contribution in [0, 0.1) is 11.8 Å². The second-order valence-corrected chi connectivity index (χ2v) is 26.6. The Morgan fingerprint density at radius 1 is 0.460 bits per heavy atom. The molecule has 0 bridgehead atoms. The number of unbranched alkanes of at least 4 members (excludes halogenated alkanes) is 1. The van der Waals surface area contributed by atoms with Gasteiger partial charge in [0.1, 0.15) is 66.5 Å². The Hall–Kier alpha value is -12.1. The number of amides is 14. The smallest absolute Gasteiger partial charge is 0.416 e. The monoisotopic (exact) mass is 1600 g/mol. The molecule has 624 valence electrons. The lowest BCUT2D eigenvalue weighted by molar-refractivity contribution is -0.144. The molecule has 113 heavy (non-hydrogen) atoms. The van der Waals surface area contributed by atoms with Crippen molar-refractivity contribution in [3.8, 4) is 0 Å². The minimum absolute atomic E-state index is 0.0355. The second-order valence-electron chi connectivity index (χ2n) is 26.6. The van der Waals surface area contributed by atoms with E-state index >= 15 is 0 Å². The van der Waals surface area contributed by atoms with Gasteiger partial charge in [0.15, 0.2) is 0 Å². The number of nitrogens with one attached hydrogen (secondary N) is 13. The zero-order chi connectivity index (χ0) is 85.6. The summed E-state index contributed by atoms with van der Waals surface area (Å²) in [5, 5.41) is 88.3. The van der Waals surface area contributed by atoms with Crippen molar-refractivity contribution in [2.45, 2.75) is 217 Å². The van der Waals surface area contributed by atoms with E-state index in [1.165, 1.54) is 26.8 Å². The van der Waals surface area contributed by atoms with Crippen LogP contribution in [0.2, 0.25) is 0 Å². The van der Waals surface area contributed by atoms with E-state index in [2.05, 4.69) is 63.8 Å². The molecular weight excluding hydrogens is 1510 g/mol. The van der Waals surface area contributed by atoms with E-state index in [9.17, 15) is 130 Å². The van der Waals surface area contributed by atoms with Gasteiger partial charge in [0.25, 0.3) is 0 Å². The molecule has 0 unspecified atom stereocenters. The number of carbonyl (C=O) groups excluding carboxylic acids is 14. The molecule has 0 heterocycles. The van der Waals surface area contributed by atoms with Crippen LogP contribution < -0.4 is 74.9 Å². The number of benzene rings is 2. The molecule has 14 amide bonds. The van der Waals surface area contributed by atoms with Crippen molar-refractivity contribution < 1.29 is 135 Å². The molecule has 0 aliphatic rings. The molecule has 42 heteroatoms. The maximum absolute atomic E-state index is 14.4. The first kappa shape index (κ1) is 96.9. The standard InChI is InChI=1S/C71H99F3N14O25/c1-8-36(4)58(87-69(111)59(38(6)89)88-60(102)37(5)78-61(103)43(81-66(108)49(33-56(100)101)79-39(7)90)16-12-13-31-76-51(92)27-19-40-17-20-42(21-18-40)71(72,73)74)67(109)77-34-52(93)80-48(32-41-14-10-9-11-15-41)65(107)83-46(24-29-54(96)97)64(106)86-57(35(2)3)68(110)84-44(22-26-50(75)91)62(104)82-45(23-28-53(94)95)63(105)85-47(70(112)113)25-30-55(98)99/h9-11,14-15,17-21,27,35-38,43-49,57-59,89H,8,12-13,16,22-26,28-34H2,1-7H3,(H2,75,91)(H,76,92)(H,77,109)(H,78,103)(H,79,90)(H,80,93)(H,81,108)(H,82,104)(H,83,107)(H,84,110)(H,85,105)(H,86,106)(H,87,111)(H,88,102)(H,94,95)(H,96,97)(H,98,99)(H,100,101)(H,112,113)/b27-19+/t36-,37-,38+,43-,44-,45-,46-,47-,48-,49-,57-,58-,59-/m0/s1. The normalized spacial score (nSPS) is 14.7. The van der Waals surface area contributed by atoms with E-state index in [0.29, 0.717) is 5.56 Å². The maximum atomic E-state index is 14.4. The zero-order valence-electron chi connectivity index (χ0n) is 62.9. The number of hydrogen-bond donors (Lipinski definition) is 20.